The minimum Gasteiger partial charge on any atom is -0.497 e. The Hall–Kier alpha value is -2.61. The Balaban J connectivity index is 1.53. The van der Waals surface area contributed by atoms with Crippen molar-refractivity contribution in [1.82, 2.24) is 14.5 Å². The Kier molecular flexibility index (Phi) is 6.53. The summed E-state index contributed by atoms with van der Waals surface area (Å²) in [5.74, 6) is 1.62. The van der Waals surface area contributed by atoms with Crippen LogP contribution >= 0.6 is 23.1 Å². The van der Waals surface area contributed by atoms with Gasteiger partial charge in [0.1, 0.15) is 10.6 Å². The van der Waals surface area contributed by atoms with E-state index in [9.17, 15) is 4.79 Å². The molecule has 0 amide bonds. The van der Waals surface area contributed by atoms with Gasteiger partial charge >= 0.3 is 0 Å². The number of fused-ring (bicyclic) bond motifs is 3. The average molecular weight is 478 g/mol. The molecule has 0 aliphatic carbocycles. The van der Waals surface area contributed by atoms with Crippen molar-refractivity contribution >= 4 is 33.3 Å². The highest BCUT2D eigenvalue weighted by Gasteiger charge is 2.24. The van der Waals surface area contributed by atoms with Crippen LogP contribution in [0.3, 0.4) is 0 Å². The molecule has 0 radical (unpaired) electrons. The average Bonchev–Trinajstić information content (AvgIpc) is 3.20. The van der Waals surface area contributed by atoms with Gasteiger partial charge in [0.25, 0.3) is 5.56 Å². The van der Waals surface area contributed by atoms with Gasteiger partial charge in [-0.2, -0.15) is 0 Å². The number of hydrogen-bond donors (Lipinski definition) is 0. The first-order valence-corrected chi connectivity index (χ1v) is 13.0. The third-order valence-electron chi connectivity index (χ3n) is 6.03. The minimum absolute atomic E-state index is 0.0286. The van der Waals surface area contributed by atoms with Gasteiger partial charge in [-0.15, -0.1) is 11.3 Å². The summed E-state index contributed by atoms with van der Waals surface area (Å²) in [7, 11) is 3.78. The van der Waals surface area contributed by atoms with Crippen LogP contribution in [-0.4, -0.2) is 40.9 Å². The number of likely N-dealkylation sites (N-methyl/N-ethyl adjacent to an activating group) is 1. The van der Waals surface area contributed by atoms with Gasteiger partial charge in [-0.05, 0) is 49.6 Å². The maximum absolute atomic E-state index is 13.9. The van der Waals surface area contributed by atoms with Crippen molar-refractivity contribution in [2.24, 2.45) is 0 Å². The van der Waals surface area contributed by atoms with E-state index in [2.05, 4.69) is 36.2 Å². The van der Waals surface area contributed by atoms with E-state index in [1.807, 2.05) is 30.3 Å². The van der Waals surface area contributed by atoms with Gasteiger partial charge in [0.05, 0.1) is 18.2 Å². The molecule has 4 aromatic rings. The molecule has 0 bridgehead atoms. The van der Waals surface area contributed by atoms with Crippen molar-refractivity contribution in [1.29, 1.82) is 0 Å². The molecule has 0 N–H and O–H groups in total. The Morgan fingerprint density at radius 3 is 2.82 bits per heavy atom. The number of benzene rings is 2. The summed E-state index contributed by atoms with van der Waals surface area (Å²) in [4.78, 5) is 23.3. The number of aryl methyl sites for hydroxylation is 1. The lowest BCUT2D eigenvalue weighted by Crippen LogP contribution is -2.27. The van der Waals surface area contributed by atoms with Crippen molar-refractivity contribution in [3.63, 3.8) is 0 Å². The maximum Gasteiger partial charge on any atom is 0.267 e. The molecular formula is C26H27N3O2S2. The Morgan fingerprint density at radius 1 is 1.15 bits per heavy atom. The number of rotatable bonds is 7. The lowest BCUT2D eigenvalue weighted by molar-refractivity contribution is 0.318. The Bertz CT molecular complexity index is 1330. The van der Waals surface area contributed by atoms with E-state index >= 15 is 0 Å². The normalized spacial score (nSPS) is 13.9. The van der Waals surface area contributed by atoms with E-state index in [1.165, 1.54) is 16.0 Å². The van der Waals surface area contributed by atoms with Crippen molar-refractivity contribution in [2.45, 2.75) is 31.0 Å². The second-order valence-electron chi connectivity index (χ2n) is 8.35. The van der Waals surface area contributed by atoms with Gasteiger partial charge in [0, 0.05) is 29.8 Å². The van der Waals surface area contributed by atoms with E-state index < -0.39 is 0 Å². The van der Waals surface area contributed by atoms with E-state index in [1.54, 1.807) is 34.8 Å². The molecule has 0 saturated heterocycles. The van der Waals surface area contributed by atoms with E-state index in [0.29, 0.717) is 0 Å². The molecule has 5 rings (SSSR count). The van der Waals surface area contributed by atoms with Gasteiger partial charge in [-0.1, -0.05) is 48.2 Å². The van der Waals surface area contributed by atoms with Crippen LogP contribution in [0.2, 0.25) is 0 Å². The monoisotopic (exact) mass is 477 g/mol. The Morgan fingerprint density at radius 2 is 2.00 bits per heavy atom. The fourth-order valence-electron chi connectivity index (χ4n) is 4.31. The lowest BCUT2D eigenvalue weighted by atomic mass is 10.1. The van der Waals surface area contributed by atoms with Gasteiger partial charge < -0.3 is 9.64 Å². The number of thioether (sulfide) groups is 1. The van der Waals surface area contributed by atoms with Crippen molar-refractivity contribution in [2.75, 3.05) is 26.5 Å². The van der Waals surface area contributed by atoms with Crippen LogP contribution in [0.5, 0.6) is 5.75 Å². The summed E-state index contributed by atoms with van der Waals surface area (Å²) in [5.41, 5.74) is 3.35. The molecule has 0 fully saturated rings. The highest BCUT2D eigenvalue weighted by atomic mass is 32.2. The van der Waals surface area contributed by atoms with Crippen molar-refractivity contribution in [3.8, 4) is 11.4 Å². The highest BCUT2D eigenvalue weighted by Crippen LogP contribution is 2.34. The molecule has 7 heteroatoms. The Labute approximate surface area is 202 Å². The molecule has 0 unspecified atom stereocenters. The molecule has 3 heterocycles. The maximum atomic E-state index is 13.9. The molecule has 170 valence electrons. The molecule has 0 atom stereocenters. The van der Waals surface area contributed by atoms with Crippen molar-refractivity contribution < 1.29 is 4.74 Å². The van der Waals surface area contributed by atoms with Crippen LogP contribution in [0, 0.1) is 0 Å². The fraction of sp³-hybridized carbons (Fsp3) is 0.308. The SMILES string of the molecule is COc1cccc(-n2c(SCCCc3ccccc3)nc3sc4c(c3c2=O)CCN(C)C4)c1. The van der Waals surface area contributed by atoms with Crippen LogP contribution in [-0.2, 0) is 19.4 Å². The standard InChI is InChI=1S/C26H27N3O2S2/c1-28-14-13-21-22(17-28)33-24-23(21)25(30)29(19-11-6-12-20(16-19)31-2)26(27-24)32-15-7-10-18-8-4-3-5-9-18/h3-6,8-9,11-12,16H,7,10,13-15,17H2,1-2H3. The molecule has 0 saturated carbocycles. The first-order valence-electron chi connectivity index (χ1n) is 11.2. The molecule has 33 heavy (non-hydrogen) atoms. The summed E-state index contributed by atoms with van der Waals surface area (Å²) in [5, 5.41) is 1.54. The summed E-state index contributed by atoms with van der Waals surface area (Å²) in [6.07, 6.45) is 2.93. The predicted octanol–water partition coefficient (Wildman–Crippen LogP) is 5.17. The molecule has 2 aromatic heterocycles. The first-order chi connectivity index (χ1) is 16.1. The van der Waals surface area contributed by atoms with Gasteiger partial charge in [-0.25, -0.2) is 4.98 Å². The third-order valence-corrected chi connectivity index (χ3v) is 8.17. The summed E-state index contributed by atoms with van der Waals surface area (Å²) in [6.45, 7) is 1.85. The fourth-order valence-corrected chi connectivity index (χ4v) is 6.60. The van der Waals surface area contributed by atoms with Gasteiger partial charge in [-0.3, -0.25) is 9.36 Å². The number of nitrogens with zero attached hydrogens (tertiary/aromatic N) is 3. The molecule has 2 aromatic carbocycles. The van der Waals surface area contributed by atoms with E-state index in [4.69, 9.17) is 9.72 Å². The first kappa shape index (κ1) is 22.2. The van der Waals surface area contributed by atoms with Crippen LogP contribution in [0.1, 0.15) is 22.4 Å². The summed E-state index contributed by atoms with van der Waals surface area (Å²) < 4.78 is 7.21. The van der Waals surface area contributed by atoms with Crippen LogP contribution in [0.25, 0.3) is 15.9 Å². The zero-order valence-corrected chi connectivity index (χ0v) is 20.5. The van der Waals surface area contributed by atoms with Gasteiger partial charge in [0.15, 0.2) is 5.16 Å². The van der Waals surface area contributed by atoms with E-state index in [0.717, 1.165) is 64.9 Å². The summed E-state index contributed by atoms with van der Waals surface area (Å²) >= 11 is 3.33. The second kappa shape index (κ2) is 9.71. The highest BCUT2D eigenvalue weighted by molar-refractivity contribution is 7.99. The smallest absolute Gasteiger partial charge is 0.267 e. The second-order valence-corrected chi connectivity index (χ2v) is 10.5. The minimum atomic E-state index is 0.0286. The predicted molar refractivity (Wildman–Crippen MR) is 137 cm³/mol. The molecule has 1 aliphatic rings. The molecule has 1 aliphatic heterocycles. The zero-order chi connectivity index (χ0) is 22.8. The zero-order valence-electron chi connectivity index (χ0n) is 18.9. The lowest BCUT2D eigenvalue weighted by Gasteiger charge is -2.21. The quantitative estimate of drug-likeness (QED) is 0.209. The molecule has 5 nitrogen and oxygen atoms in total. The molecular weight excluding hydrogens is 450 g/mol. The van der Waals surface area contributed by atoms with Crippen LogP contribution < -0.4 is 10.3 Å². The van der Waals surface area contributed by atoms with Crippen LogP contribution in [0.4, 0.5) is 0 Å². The summed E-state index contributed by atoms with van der Waals surface area (Å²) in [6, 6.07) is 18.2. The van der Waals surface area contributed by atoms with Gasteiger partial charge in [0.2, 0.25) is 0 Å². The topological polar surface area (TPSA) is 47.4 Å². The van der Waals surface area contributed by atoms with Crippen LogP contribution in [0.15, 0.2) is 64.5 Å². The number of aromatic nitrogens is 2. The third kappa shape index (κ3) is 4.58. The number of thiophene rings is 1. The molecule has 0 spiro atoms. The number of ether oxygens (including phenoxy) is 1. The van der Waals surface area contributed by atoms with Crippen molar-refractivity contribution in [3.05, 3.63) is 81.0 Å². The number of methoxy groups -OCH3 is 1. The largest absolute Gasteiger partial charge is 0.497 e. The number of hydrogen-bond acceptors (Lipinski definition) is 6. The van der Waals surface area contributed by atoms with E-state index in [-0.39, 0.29) is 5.56 Å².